The lowest BCUT2D eigenvalue weighted by Crippen LogP contribution is -2.33. The number of alkyl halides is 6. The number of ether oxygens (including phenoxy) is 2. The second-order valence-corrected chi connectivity index (χ2v) is 5.36. The van der Waals surface area contributed by atoms with Crippen LogP contribution >= 0.6 is 0 Å². The third-order valence-electron chi connectivity index (χ3n) is 3.64. The molecule has 0 aliphatic heterocycles. The highest BCUT2D eigenvalue weighted by molar-refractivity contribution is 6.01. The molecule has 151 valence electrons. The van der Waals surface area contributed by atoms with Gasteiger partial charge in [0, 0.05) is 12.1 Å². The molecule has 2 rings (SSSR count). The Hall–Kier alpha value is -3.11. The summed E-state index contributed by atoms with van der Waals surface area (Å²) in [6, 6.07) is 4.03. The monoisotopic (exact) mass is 407 g/mol. The predicted octanol–water partition coefficient (Wildman–Crippen LogP) is 4.76. The Morgan fingerprint density at radius 1 is 1.00 bits per heavy atom. The van der Waals surface area contributed by atoms with Gasteiger partial charge in [0.25, 0.3) is 0 Å². The van der Waals surface area contributed by atoms with Crippen LogP contribution in [0.3, 0.4) is 0 Å². The van der Waals surface area contributed by atoms with Crippen LogP contribution in [0.2, 0.25) is 0 Å². The number of primary amides is 1. The van der Waals surface area contributed by atoms with E-state index < -0.39 is 40.9 Å². The third-order valence-corrected chi connectivity index (χ3v) is 3.64. The molecule has 2 N–H and O–H groups in total. The molecule has 0 aliphatic rings. The molecule has 0 aromatic heterocycles. The minimum Gasteiger partial charge on any atom is -0.496 e. The van der Waals surface area contributed by atoms with Crippen molar-refractivity contribution in [3.05, 3.63) is 47.5 Å². The van der Waals surface area contributed by atoms with Crippen LogP contribution in [0.4, 0.5) is 42.5 Å². The van der Waals surface area contributed by atoms with Gasteiger partial charge in [0.15, 0.2) is 0 Å². The van der Waals surface area contributed by atoms with Gasteiger partial charge in [-0.15, -0.1) is 0 Å². The summed E-state index contributed by atoms with van der Waals surface area (Å²) in [5, 5.41) is 0. The number of hydrogen-bond acceptors (Lipinski definition) is 3. The van der Waals surface area contributed by atoms with Crippen LogP contribution in [0, 0.1) is 6.07 Å². The van der Waals surface area contributed by atoms with E-state index in [4.69, 9.17) is 15.2 Å². The second kappa shape index (κ2) is 7.49. The summed E-state index contributed by atoms with van der Waals surface area (Å²) in [6.45, 7) is 0. The summed E-state index contributed by atoms with van der Waals surface area (Å²) in [7, 11) is 2.22. The van der Waals surface area contributed by atoms with Crippen molar-refractivity contribution in [2.45, 2.75) is 12.4 Å². The first-order chi connectivity index (χ1) is 12.9. The molecule has 0 atom stereocenters. The number of anilines is 2. The molecule has 2 aromatic rings. The Morgan fingerprint density at radius 2 is 1.64 bits per heavy atom. The first-order valence-electron chi connectivity index (χ1n) is 7.41. The Bertz CT molecular complexity index is 880. The molecule has 0 aliphatic carbocycles. The van der Waals surface area contributed by atoms with Crippen molar-refractivity contribution in [2.75, 3.05) is 19.1 Å². The van der Waals surface area contributed by atoms with Crippen LogP contribution in [0.15, 0.2) is 30.3 Å². The largest absolute Gasteiger partial charge is 0.496 e. The number of methoxy groups -OCH3 is 2. The Labute approximate surface area is 155 Å². The van der Waals surface area contributed by atoms with Gasteiger partial charge in [0.2, 0.25) is 0 Å². The lowest BCUT2D eigenvalue weighted by atomic mass is 10.1. The number of carbonyl (C=O) groups excluding carboxylic acids is 1. The maximum absolute atomic E-state index is 13.4. The van der Waals surface area contributed by atoms with E-state index in [1.807, 2.05) is 0 Å². The molecule has 0 saturated carbocycles. The Balaban J connectivity index is 2.83. The summed E-state index contributed by atoms with van der Waals surface area (Å²) in [5.41, 5.74) is 1.19. The van der Waals surface area contributed by atoms with Crippen molar-refractivity contribution < 1.29 is 40.6 Å². The lowest BCUT2D eigenvalue weighted by Gasteiger charge is -2.26. The van der Waals surface area contributed by atoms with E-state index in [1.54, 1.807) is 0 Å². The highest BCUT2D eigenvalue weighted by Gasteiger charge is 2.38. The summed E-state index contributed by atoms with van der Waals surface area (Å²) < 4.78 is 89.2. The Kier molecular flexibility index (Phi) is 5.67. The zero-order valence-electron chi connectivity index (χ0n) is 14.4. The average molecular weight is 407 g/mol. The van der Waals surface area contributed by atoms with Gasteiger partial charge in [-0.3, -0.25) is 4.90 Å². The molecule has 0 unspecified atom stereocenters. The van der Waals surface area contributed by atoms with E-state index in [0.717, 1.165) is 26.4 Å². The molecule has 11 heteroatoms. The number of nitrogens with zero attached hydrogens (tertiary/aromatic N) is 1. The highest BCUT2D eigenvalue weighted by atomic mass is 19.4. The molecule has 0 spiro atoms. The molecule has 0 bridgehead atoms. The van der Waals surface area contributed by atoms with Crippen LogP contribution in [0.1, 0.15) is 11.1 Å². The zero-order chi connectivity index (χ0) is 21.3. The van der Waals surface area contributed by atoms with Gasteiger partial charge in [-0.1, -0.05) is 0 Å². The second-order valence-electron chi connectivity index (χ2n) is 5.36. The van der Waals surface area contributed by atoms with Gasteiger partial charge in [-0.25, -0.2) is 4.79 Å². The fraction of sp³-hybridized carbons (Fsp3) is 0.235. The van der Waals surface area contributed by atoms with Crippen molar-refractivity contribution >= 4 is 17.4 Å². The van der Waals surface area contributed by atoms with Gasteiger partial charge >= 0.3 is 18.4 Å². The van der Waals surface area contributed by atoms with Gasteiger partial charge < -0.3 is 15.2 Å². The topological polar surface area (TPSA) is 64.8 Å². The van der Waals surface area contributed by atoms with Crippen molar-refractivity contribution in [1.82, 2.24) is 0 Å². The number of halogens is 6. The molecular formula is C17H13F6N2O3. The van der Waals surface area contributed by atoms with Crippen LogP contribution in [-0.4, -0.2) is 20.3 Å². The number of benzene rings is 2. The summed E-state index contributed by atoms with van der Waals surface area (Å²) >= 11 is 0. The van der Waals surface area contributed by atoms with Gasteiger partial charge in [0.1, 0.15) is 11.5 Å². The molecule has 2 amide bonds. The molecule has 0 fully saturated rings. The number of hydrogen-bond donors (Lipinski definition) is 1. The quantitative estimate of drug-likeness (QED) is 0.744. The molecule has 28 heavy (non-hydrogen) atoms. The fourth-order valence-corrected chi connectivity index (χ4v) is 2.40. The van der Waals surface area contributed by atoms with Crippen molar-refractivity contribution in [2.24, 2.45) is 5.73 Å². The fourth-order valence-electron chi connectivity index (χ4n) is 2.40. The van der Waals surface area contributed by atoms with E-state index in [9.17, 15) is 31.1 Å². The lowest BCUT2D eigenvalue weighted by molar-refractivity contribution is -0.138. The van der Waals surface area contributed by atoms with Crippen molar-refractivity contribution in [1.29, 1.82) is 0 Å². The average Bonchev–Trinajstić information content (AvgIpc) is 2.59. The van der Waals surface area contributed by atoms with Crippen LogP contribution < -0.4 is 20.1 Å². The third kappa shape index (κ3) is 4.24. The van der Waals surface area contributed by atoms with E-state index in [0.29, 0.717) is 18.2 Å². The van der Waals surface area contributed by atoms with E-state index >= 15 is 0 Å². The minimum atomic E-state index is -4.96. The number of nitrogens with two attached hydrogens (primary N) is 1. The number of urea groups is 1. The maximum atomic E-state index is 13.4. The standard InChI is InChI=1S/C17H13F6N2O3/c1-27-10-4-5-11(17(21,22)23)12(8-10)25(15(24)26)13-7-9(16(18,19)20)3-6-14(13)28-2/h3,5-8H,1-2H3,(H2,24,26). The van der Waals surface area contributed by atoms with Crippen LogP contribution in [-0.2, 0) is 12.4 Å². The number of carbonyl (C=O) groups is 1. The maximum Gasteiger partial charge on any atom is 0.418 e. The van der Waals surface area contributed by atoms with Crippen LogP contribution in [0.5, 0.6) is 11.5 Å². The van der Waals surface area contributed by atoms with E-state index in [-0.39, 0.29) is 16.4 Å². The van der Waals surface area contributed by atoms with Gasteiger partial charge in [-0.05, 0) is 24.3 Å². The highest BCUT2D eigenvalue weighted by Crippen LogP contribution is 2.44. The van der Waals surface area contributed by atoms with E-state index in [2.05, 4.69) is 6.07 Å². The summed E-state index contributed by atoms with van der Waals surface area (Å²) in [6.07, 6.45) is -9.78. The summed E-state index contributed by atoms with van der Waals surface area (Å²) in [5.74, 6) is -0.494. The van der Waals surface area contributed by atoms with Gasteiger partial charge in [-0.2, -0.15) is 26.3 Å². The molecular weight excluding hydrogens is 394 g/mol. The smallest absolute Gasteiger partial charge is 0.418 e. The molecule has 5 nitrogen and oxygen atoms in total. The number of amides is 2. The number of rotatable bonds is 4. The first-order valence-corrected chi connectivity index (χ1v) is 7.41. The van der Waals surface area contributed by atoms with Gasteiger partial charge in [0.05, 0.1) is 36.7 Å². The molecule has 2 aromatic carbocycles. The van der Waals surface area contributed by atoms with E-state index in [1.165, 1.54) is 0 Å². The Morgan fingerprint density at radius 3 is 2.11 bits per heavy atom. The molecule has 0 heterocycles. The SMILES string of the molecule is COc1[c]cc(C(F)(F)F)c(N(C(N)=O)c2cc(C(F)(F)F)ccc2OC)c1. The molecule has 0 saturated heterocycles. The normalized spacial score (nSPS) is 11.9. The minimum absolute atomic E-state index is 0.194. The van der Waals surface area contributed by atoms with Crippen molar-refractivity contribution in [3.8, 4) is 11.5 Å². The van der Waals surface area contributed by atoms with Crippen LogP contribution in [0.25, 0.3) is 0 Å². The molecule has 1 radical (unpaired) electrons. The predicted molar refractivity (Wildman–Crippen MR) is 86.6 cm³/mol. The first kappa shape index (κ1) is 21.2. The van der Waals surface area contributed by atoms with Crippen molar-refractivity contribution in [3.63, 3.8) is 0 Å². The zero-order valence-corrected chi connectivity index (χ0v) is 14.4. The summed E-state index contributed by atoms with van der Waals surface area (Å²) in [4.78, 5) is 12.3.